The Morgan fingerprint density at radius 3 is 2.42 bits per heavy atom. The Hall–Kier alpha value is -4.84. The summed E-state index contributed by atoms with van der Waals surface area (Å²) in [7, 11) is 0. The maximum absolute atomic E-state index is 6.67. The van der Waals surface area contributed by atoms with Gasteiger partial charge < -0.3 is 4.42 Å². The molecule has 0 aliphatic carbocycles. The van der Waals surface area contributed by atoms with Crippen LogP contribution >= 0.6 is 0 Å². The minimum absolute atomic E-state index is 0.153. The summed E-state index contributed by atoms with van der Waals surface area (Å²) in [6, 6.07) is 29.8. The number of aryl methyl sites for hydroxylation is 2. The van der Waals surface area contributed by atoms with Gasteiger partial charge in [0.1, 0.15) is 16.7 Å². The number of unbranched alkanes of at least 4 members (excludes halogenated alkanes) is 1. The van der Waals surface area contributed by atoms with Gasteiger partial charge in [-0.2, -0.15) is 14.2 Å². The molecular weight excluding hydrogens is 651 g/mol. The largest absolute Gasteiger partial charge is 0.456 e. The average Bonchev–Trinajstić information content (AvgIpc) is 3.86. The number of para-hydroxylation sites is 1. The number of hydrogen-bond acceptors (Lipinski definition) is 3. The van der Waals surface area contributed by atoms with Crippen LogP contribution in [0.3, 0.4) is 0 Å². The van der Waals surface area contributed by atoms with Crippen molar-refractivity contribution in [1.82, 2.24) is 14.8 Å². The molecule has 7 aromatic rings. The van der Waals surface area contributed by atoms with Gasteiger partial charge in [-0.15, -0.1) is 0 Å². The van der Waals surface area contributed by atoms with Gasteiger partial charge in [-0.3, -0.25) is 0 Å². The summed E-state index contributed by atoms with van der Waals surface area (Å²) >= 11 is 0. The van der Waals surface area contributed by atoms with E-state index in [4.69, 9.17) is 14.5 Å². The van der Waals surface area contributed by atoms with Gasteiger partial charge in [-0.25, -0.2) is 9.67 Å². The topological polar surface area (TPSA) is 51.6 Å². The smallest absolute Gasteiger partial charge is 0.250 e. The molecule has 3 atom stereocenters. The third kappa shape index (κ3) is 4.83. The number of hydrogen-bond donors (Lipinski definition) is 0. The molecule has 6 heterocycles. The molecule has 0 radical (unpaired) electrons. The first kappa shape index (κ1) is 34.0. The van der Waals surface area contributed by atoms with E-state index >= 15 is 0 Å². The Morgan fingerprint density at radius 2 is 1.64 bits per heavy atom. The number of rotatable bonds is 8. The van der Waals surface area contributed by atoms with Crippen LogP contribution in [-0.4, -0.2) is 14.8 Å². The van der Waals surface area contributed by atoms with Gasteiger partial charge >= 0.3 is 0 Å². The average molecular weight is 704 g/mol. The van der Waals surface area contributed by atoms with E-state index in [0.717, 1.165) is 60.6 Å². The molecule has 0 saturated carbocycles. The van der Waals surface area contributed by atoms with Gasteiger partial charge in [0, 0.05) is 70.7 Å². The van der Waals surface area contributed by atoms with Crippen molar-refractivity contribution >= 4 is 32.8 Å². The summed E-state index contributed by atoms with van der Waals surface area (Å²) in [6.07, 6.45) is 9.64. The van der Waals surface area contributed by atoms with Crippen molar-refractivity contribution in [2.75, 3.05) is 0 Å². The van der Waals surface area contributed by atoms with E-state index in [-0.39, 0.29) is 22.5 Å². The zero-order chi connectivity index (χ0) is 36.9. The van der Waals surface area contributed by atoms with Crippen LogP contribution in [0.2, 0.25) is 0 Å². The highest BCUT2D eigenvalue weighted by Gasteiger charge is 2.61. The number of nitrogens with zero attached hydrogens (tertiary/aromatic N) is 5. The second kappa shape index (κ2) is 12.1. The molecule has 6 nitrogen and oxygen atoms in total. The van der Waals surface area contributed by atoms with E-state index < -0.39 is 0 Å². The summed E-state index contributed by atoms with van der Waals surface area (Å²) in [5.74, 6) is 1.88. The Labute approximate surface area is 313 Å². The van der Waals surface area contributed by atoms with Crippen LogP contribution in [-0.2, 0) is 22.9 Å². The Morgan fingerprint density at radius 1 is 0.849 bits per heavy atom. The monoisotopic (exact) mass is 703 g/mol. The molecule has 53 heavy (non-hydrogen) atoms. The van der Waals surface area contributed by atoms with Crippen LogP contribution < -0.4 is 9.13 Å². The fourth-order valence-electron chi connectivity index (χ4n) is 9.95. The summed E-state index contributed by atoms with van der Waals surface area (Å²) in [4.78, 5) is 5.23. The quantitative estimate of drug-likeness (QED) is 0.148. The molecule has 270 valence electrons. The highest BCUT2D eigenvalue weighted by atomic mass is 16.3. The molecule has 3 aromatic carbocycles. The van der Waals surface area contributed by atoms with Crippen LogP contribution in [0.15, 0.2) is 89.5 Å². The molecule has 4 aromatic heterocycles. The van der Waals surface area contributed by atoms with Crippen molar-refractivity contribution in [3.63, 3.8) is 0 Å². The molecule has 9 rings (SSSR count). The first-order chi connectivity index (χ1) is 25.5. The summed E-state index contributed by atoms with van der Waals surface area (Å²) < 4.78 is 14.2. The number of pyridine rings is 2. The van der Waals surface area contributed by atoms with E-state index in [1.54, 1.807) is 0 Å². The molecule has 0 amide bonds. The maximum atomic E-state index is 6.67. The van der Waals surface area contributed by atoms with Crippen molar-refractivity contribution < 1.29 is 13.6 Å². The van der Waals surface area contributed by atoms with E-state index in [1.807, 2.05) is 0 Å². The van der Waals surface area contributed by atoms with E-state index in [2.05, 4.69) is 154 Å². The fraction of sp³-hybridized carbons (Fsp3) is 0.404. The minimum atomic E-state index is -0.295. The van der Waals surface area contributed by atoms with Crippen LogP contribution in [0.5, 0.6) is 0 Å². The predicted molar refractivity (Wildman–Crippen MR) is 214 cm³/mol. The molecular formula is C47H53N5O+2. The van der Waals surface area contributed by atoms with Gasteiger partial charge in [-0.1, -0.05) is 72.2 Å². The van der Waals surface area contributed by atoms with Crippen molar-refractivity contribution in [2.45, 2.75) is 123 Å². The number of aromatic nitrogens is 5. The summed E-state index contributed by atoms with van der Waals surface area (Å²) in [6.45, 7) is 18.3. The van der Waals surface area contributed by atoms with Gasteiger partial charge in [0.25, 0.3) is 5.69 Å². The standard InChI is InChI=1S/C47H53N5O/c1-9-12-17-31-21-22-33-36-28-34-35(29-42(36)53-41(33)27-31)40-26-30(4)32-18-13-14-19-37(32)51(40)38(34)23-24-47(11-3)46(8,10-2)52-43(39-20-15-16-25-50(39)47)48-44(49-52)45(5,6)7/h13-16,18-22,25-29,38H,9-12,17,23-24H2,1-8H3/q+2. The second-order valence-corrected chi connectivity index (χ2v) is 17.0. The Balaban J connectivity index is 1.23. The normalized spacial score (nSPS) is 20.6. The number of fused-ring (bicyclic) bond motifs is 11. The molecule has 2 aliphatic rings. The third-order valence-electron chi connectivity index (χ3n) is 13.1. The Kier molecular flexibility index (Phi) is 7.75. The lowest BCUT2D eigenvalue weighted by Crippen LogP contribution is -2.71. The lowest BCUT2D eigenvalue weighted by atomic mass is 9.69. The lowest BCUT2D eigenvalue weighted by Gasteiger charge is -2.46. The maximum Gasteiger partial charge on any atom is 0.250 e. The van der Waals surface area contributed by atoms with Gasteiger partial charge in [-0.05, 0) is 74.6 Å². The molecule has 0 saturated heterocycles. The molecule has 0 fully saturated rings. The van der Waals surface area contributed by atoms with Crippen molar-refractivity contribution in [1.29, 1.82) is 0 Å². The van der Waals surface area contributed by atoms with E-state index in [1.165, 1.54) is 62.5 Å². The zero-order valence-corrected chi connectivity index (χ0v) is 32.8. The molecule has 3 unspecified atom stereocenters. The highest BCUT2D eigenvalue weighted by molar-refractivity contribution is 6.06. The van der Waals surface area contributed by atoms with Crippen LogP contribution in [0.4, 0.5) is 0 Å². The second-order valence-electron chi connectivity index (χ2n) is 17.0. The SMILES string of the molecule is CCCCc1ccc2c(c1)oc1cc3c(cc12)C(CCC1(CC)[n+]2ccccc2-c2nc(C(C)(C)C)nn2C1(C)CC)[n+]1c-3cc(C)c2ccccc21. The van der Waals surface area contributed by atoms with Crippen LogP contribution in [0.1, 0.15) is 116 Å². The fourth-order valence-corrected chi connectivity index (χ4v) is 9.95. The molecule has 0 bridgehead atoms. The molecule has 0 spiro atoms. The van der Waals surface area contributed by atoms with Gasteiger partial charge in [0.2, 0.25) is 17.0 Å². The zero-order valence-electron chi connectivity index (χ0n) is 32.8. The van der Waals surface area contributed by atoms with Gasteiger partial charge in [0.05, 0.1) is 5.56 Å². The lowest BCUT2D eigenvalue weighted by molar-refractivity contribution is -0.776. The molecule has 0 N–H and O–H groups in total. The first-order valence-corrected chi connectivity index (χ1v) is 20.0. The van der Waals surface area contributed by atoms with Crippen LogP contribution in [0, 0.1) is 6.92 Å². The summed E-state index contributed by atoms with van der Waals surface area (Å²) in [5, 5.41) is 9.07. The molecule has 2 aliphatic heterocycles. The minimum Gasteiger partial charge on any atom is -0.456 e. The van der Waals surface area contributed by atoms with Crippen LogP contribution in [0.25, 0.3) is 55.6 Å². The highest BCUT2D eigenvalue weighted by Crippen LogP contribution is 2.50. The van der Waals surface area contributed by atoms with Gasteiger partial charge in [0.15, 0.2) is 23.6 Å². The number of benzene rings is 3. The van der Waals surface area contributed by atoms with Crippen molar-refractivity contribution in [3.8, 4) is 22.8 Å². The van der Waals surface area contributed by atoms with E-state index in [9.17, 15) is 0 Å². The predicted octanol–water partition coefficient (Wildman–Crippen LogP) is 10.8. The first-order valence-electron chi connectivity index (χ1n) is 20.0. The van der Waals surface area contributed by atoms with E-state index in [0.29, 0.717) is 0 Å². The molecule has 6 heteroatoms. The Bertz CT molecular complexity index is 2570. The van der Waals surface area contributed by atoms with Crippen molar-refractivity contribution in [2.24, 2.45) is 0 Å². The van der Waals surface area contributed by atoms with Crippen molar-refractivity contribution in [3.05, 3.63) is 108 Å². The number of furan rings is 1. The summed E-state index contributed by atoms with van der Waals surface area (Å²) in [5.41, 5.74) is 10.3. The third-order valence-corrected chi connectivity index (χ3v) is 13.1.